The molecule has 2 aromatic carbocycles. The lowest BCUT2D eigenvalue weighted by Crippen LogP contribution is -2.24. The largest absolute Gasteiger partial charge is 0.463 e. The lowest BCUT2D eigenvalue weighted by atomic mass is 9.80. The van der Waals surface area contributed by atoms with Gasteiger partial charge in [0.1, 0.15) is 0 Å². The molecule has 0 bridgehead atoms. The van der Waals surface area contributed by atoms with Crippen LogP contribution in [0.1, 0.15) is 30.9 Å². The first-order valence-corrected chi connectivity index (χ1v) is 9.19. The Labute approximate surface area is 164 Å². The maximum absolute atomic E-state index is 12.6. The van der Waals surface area contributed by atoms with Crippen LogP contribution in [-0.4, -0.2) is 17.5 Å². The smallest absolute Gasteiger partial charge is 0.336 e. The van der Waals surface area contributed by atoms with Crippen LogP contribution in [0.2, 0.25) is 0 Å². The predicted octanol–water partition coefficient (Wildman–Crippen LogP) is 4.59. The maximum Gasteiger partial charge on any atom is 0.336 e. The molecular weight excluding hydrogens is 447 g/mol. The molecule has 0 fully saturated rings. The van der Waals surface area contributed by atoms with Crippen molar-refractivity contribution in [1.29, 1.82) is 0 Å². The Balaban J connectivity index is 2.22. The number of nitrogens with zero attached hydrogens (tertiary/aromatic N) is 1. The van der Waals surface area contributed by atoms with Gasteiger partial charge in [-0.2, -0.15) is 0 Å². The molecule has 0 aromatic heterocycles. The minimum absolute atomic E-state index is 0.00549. The Morgan fingerprint density at radius 1 is 1.31 bits per heavy atom. The number of non-ortho nitro benzene ring substituents is 1. The van der Waals surface area contributed by atoms with Crippen LogP contribution in [0.3, 0.4) is 0 Å². The molecule has 0 radical (unpaired) electrons. The van der Waals surface area contributed by atoms with E-state index in [9.17, 15) is 14.9 Å². The molecule has 1 aliphatic rings. The molecule has 0 aliphatic carbocycles. The molecule has 0 saturated carbocycles. The van der Waals surface area contributed by atoms with Crippen LogP contribution in [0.4, 0.5) is 11.4 Å². The summed E-state index contributed by atoms with van der Waals surface area (Å²) in [6.45, 7) is 3.83. The van der Waals surface area contributed by atoms with Crippen molar-refractivity contribution in [2.45, 2.75) is 19.8 Å². The van der Waals surface area contributed by atoms with E-state index in [1.54, 1.807) is 19.1 Å². The van der Waals surface area contributed by atoms with Crippen molar-refractivity contribution in [2.24, 2.45) is 0 Å². The van der Waals surface area contributed by atoms with Gasteiger partial charge in [-0.3, -0.25) is 10.1 Å². The number of allylic oxidation sites excluding steroid dienone is 1. The normalized spacial score (nSPS) is 15.9. The van der Waals surface area contributed by atoms with Crippen LogP contribution in [0.15, 0.2) is 53.7 Å². The topological polar surface area (TPSA) is 81.5 Å². The van der Waals surface area contributed by atoms with Crippen molar-refractivity contribution in [2.75, 3.05) is 11.9 Å². The second-order valence-corrected chi connectivity index (χ2v) is 7.15. The molecule has 1 N–H and O–H groups in total. The Hall–Kier alpha value is -2.42. The Kier molecular flexibility index (Phi) is 5.26. The van der Waals surface area contributed by atoms with Crippen LogP contribution in [0, 0.1) is 13.7 Å². The Morgan fingerprint density at radius 3 is 2.77 bits per heavy atom. The first kappa shape index (κ1) is 18.4. The number of ether oxygens (including phenoxy) is 1. The van der Waals surface area contributed by atoms with E-state index in [-0.39, 0.29) is 12.3 Å². The molecule has 1 atom stereocenters. The Morgan fingerprint density at radius 2 is 2.08 bits per heavy atom. The summed E-state index contributed by atoms with van der Waals surface area (Å²) in [4.78, 5) is 23.4. The van der Waals surface area contributed by atoms with Crippen molar-refractivity contribution in [3.8, 4) is 0 Å². The lowest BCUT2D eigenvalue weighted by Gasteiger charge is -2.30. The number of hydrogen-bond acceptors (Lipinski definition) is 5. The molecule has 6 nitrogen and oxygen atoms in total. The van der Waals surface area contributed by atoms with Crippen molar-refractivity contribution >= 4 is 39.9 Å². The van der Waals surface area contributed by atoms with Gasteiger partial charge in [0.2, 0.25) is 0 Å². The number of rotatable bonds is 4. The number of benzene rings is 2. The number of halogens is 1. The van der Waals surface area contributed by atoms with E-state index >= 15 is 0 Å². The Bertz CT molecular complexity index is 924. The van der Waals surface area contributed by atoms with Gasteiger partial charge in [0, 0.05) is 33.0 Å². The quantitative estimate of drug-likeness (QED) is 0.310. The second kappa shape index (κ2) is 7.45. The second-order valence-electron chi connectivity index (χ2n) is 5.90. The van der Waals surface area contributed by atoms with Crippen molar-refractivity contribution in [3.63, 3.8) is 0 Å². The molecule has 0 amide bonds. The van der Waals surface area contributed by atoms with Gasteiger partial charge < -0.3 is 10.1 Å². The zero-order chi connectivity index (χ0) is 18.8. The number of nitro groups is 1. The molecule has 3 rings (SSSR count). The van der Waals surface area contributed by atoms with E-state index in [2.05, 4.69) is 27.9 Å². The van der Waals surface area contributed by atoms with E-state index < -0.39 is 16.8 Å². The van der Waals surface area contributed by atoms with Gasteiger partial charge >= 0.3 is 5.97 Å². The van der Waals surface area contributed by atoms with Crippen molar-refractivity contribution in [1.82, 2.24) is 0 Å². The summed E-state index contributed by atoms with van der Waals surface area (Å²) in [6, 6.07) is 12.3. The molecule has 2 aromatic rings. The fraction of sp³-hybridized carbons (Fsp3) is 0.211. The number of anilines is 1. The van der Waals surface area contributed by atoms with Crippen LogP contribution in [0.5, 0.6) is 0 Å². The van der Waals surface area contributed by atoms with Crippen LogP contribution in [0.25, 0.3) is 0 Å². The highest BCUT2D eigenvalue weighted by molar-refractivity contribution is 14.1. The first-order chi connectivity index (χ1) is 12.4. The summed E-state index contributed by atoms with van der Waals surface area (Å²) in [5, 5.41) is 14.5. The number of hydrogen-bond donors (Lipinski definition) is 1. The number of fused-ring (bicyclic) bond motifs is 1. The summed E-state index contributed by atoms with van der Waals surface area (Å²) < 4.78 is 6.27. The summed E-state index contributed by atoms with van der Waals surface area (Å²) in [5.74, 6) is -0.849. The van der Waals surface area contributed by atoms with E-state index in [4.69, 9.17) is 4.74 Å². The number of carbonyl (C=O) groups is 1. The highest BCUT2D eigenvalue weighted by Crippen LogP contribution is 2.43. The van der Waals surface area contributed by atoms with Gasteiger partial charge in [-0.15, -0.1) is 0 Å². The SMILES string of the molecule is CCOC(=O)C1=C(C)Nc2ccc(I)cc2C1c1cccc([N+](=O)[O-])c1. The van der Waals surface area contributed by atoms with Crippen LogP contribution in [-0.2, 0) is 9.53 Å². The fourth-order valence-electron chi connectivity index (χ4n) is 3.17. The van der Waals surface area contributed by atoms with Gasteiger partial charge in [0.25, 0.3) is 5.69 Å². The number of carbonyl (C=O) groups excluding carboxylic acids is 1. The number of nitro benzene ring substituents is 1. The highest BCUT2D eigenvalue weighted by Gasteiger charge is 2.33. The third kappa shape index (κ3) is 3.44. The standard InChI is InChI=1S/C19H17IN2O4/c1-3-26-19(23)17-11(2)21-16-8-7-13(20)10-15(16)18(17)12-5-4-6-14(9-12)22(24)25/h4-10,18,21H,3H2,1-2H3. The summed E-state index contributed by atoms with van der Waals surface area (Å²) in [5.41, 5.74) is 3.62. The highest BCUT2D eigenvalue weighted by atomic mass is 127. The molecule has 134 valence electrons. The van der Waals surface area contributed by atoms with Crippen LogP contribution >= 0.6 is 22.6 Å². The summed E-state index contributed by atoms with van der Waals surface area (Å²) >= 11 is 2.21. The van der Waals surface area contributed by atoms with Gasteiger partial charge in [0.15, 0.2) is 0 Å². The molecule has 1 unspecified atom stereocenters. The minimum atomic E-state index is -0.431. The third-order valence-electron chi connectivity index (χ3n) is 4.25. The monoisotopic (exact) mass is 464 g/mol. The number of nitrogens with one attached hydrogen (secondary N) is 1. The zero-order valence-corrected chi connectivity index (χ0v) is 16.4. The molecule has 0 spiro atoms. The average molecular weight is 464 g/mol. The van der Waals surface area contributed by atoms with Crippen LogP contribution < -0.4 is 5.32 Å². The maximum atomic E-state index is 12.6. The van der Waals surface area contributed by atoms with Gasteiger partial charge in [-0.25, -0.2) is 4.79 Å². The molecule has 0 saturated heterocycles. The molecule has 26 heavy (non-hydrogen) atoms. The average Bonchev–Trinajstić information content (AvgIpc) is 2.61. The summed E-state index contributed by atoms with van der Waals surface area (Å²) in [6.07, 6.45) is 0. The number of esters is 1. The van der Waals surface area contributed by atoms with Gasteiger partial charge in [0.05, 0.1) is 17.1 Å². The van der Waals surface area contributed by atoms with Gasteiger partial charge in [-0.05, 0) is 65.8 Å². The van der Waals surface area contributed by atoms with E-state index in [0.29, 0.717) is 16.8 Å². The minimum Gasteiger partial charge on any atom is -0.463 e. The fourth-order valence-corrected chi connectivity index (χ4v) is 3.69. The van der Waals surface area contributed by atoms with Crippen molar-refractivity contribution in [3.05, 3.63) is 78.5 Å². The van der Waals surface area contributed by atoms with Crippen molar-refractivity contribution < 1.29 is 14.5 Å². The zero-order valence-electron chi connectivity index (χ0n) is 14.3. The first-order valence-electron chi connectivity index (χ1n) is 8.11. The third-order valence-corrected chi connectivity index (χ3v) is 4.92. The predicted molar refractivity (Wildman–Crippen MR) is 107 cm³/mol. The molecule has 1 heterocycles. The van der Waals surface area contributed by atoms with Gasteiger partial charge in [-0.1, -0.05) is 12.1 Å². The van der Waals surface area contributed by atoms with E-state index in [1.165, 1.54) is 12.1 Å². The summed E-state index contributed by atoms with van der Waals surface area (Å²) in [7, 11) is 0. The molecular formula is C19H17IN2O4. The lowest BCUT2D eigenvalue weighted by molar-refractivity contribution is -0.384. The molecule has 1 aliphatic heterocycles. The van der Waals surface area contributed by atoms with E-state index in [0.717, 1.165) is 14.8 Å². The molecule has 7 heteroatoms. The van der Waals surface area contributed by atoms with E-state index in [1.807, 2.05) is 25.1 Å².